The van der Waals surface area contributed by atoms with E-state index in [0.29, 0.717) is 6.04 Å². The van der Waals surface area contributed by atoms with Crippen molar-refractivity contribution in [2.45, 2.75) is 38.6 Å². The lowest BCUT2D eigenvalue weighted by Crippen LogP contribution is -2.45. The third-order valence-electron chi connectivity index (χ3n) is 4.47. The summed E-state index contributed by atoms with van der Waals surface area (Å²) >= 11 is 0. The fourth-order valence-corrected chi connectivity index (χ4v) is 3.20. The second-order valence-corrected chi connectivity index (χ2v) is 5.91. The van der Waals surface area contributed by atoms with E-state index in [4.69, 9.17) is 9.47 Å². The van der Waals surface area contributed by atoms with Crippen molar-refractivity contribution in [3.8, 4) is 11.5 Å². The van der Waals surface area contributed by atoms with Gasteiger partial charge < -0.3 is 14.8 Å². The van der Waals surface area contributed by atoms with E-state index < -0.39 is 0 Å². The number of methoxy groups -OCH3 is 2. The summed E-state index contributed by atoms with van der Waals surface area (Å²) in [5.41, 5.74) is 1.34. The van der Waals surface area contributed by atoms with Crippen molar-refractivity contribution in [2.75, 3.05) is 40.4 Å². The van der Waals surface area contributed by atoms with Crippen LogP contribution in [0.3, 0.4) is 0 Å². The van der Waals surface area contributed by atoms with Crippen molar-refractivity contribution < 1.29 is 9.47 Å². The number of hydrogen-bond acceptors (Lipinski definition) is 4. The molecule has 1 aromatic rings. The average Bonchev–Trinajstić information content (AvgIpc) is 2.59. The molecule has 0 spiro atoms. The third kappa shape index (κ3) is 6.32. The number of benzene rings is 1. The molecule has 0 bridgehead atoms. The predicted molar refractivity (Wildman–Crippen MR) is 105 cm³/mol. The number of rotatable bonds is 8. The minimum absolute atomic E-state index is 0. The Bertz CT molecular complexity index is 455. The van der Waals surface area contributed by atoms with Crippen molar-refractivity contribution in [1.29, 1.82) is 0 Å². The largest absolute Gasteiger partial charge is 0.493 e. The first-order chi connectivity index (χ1) is 10.8. The zero-order valence-electron chi connectivity index (χ0n) is 15.0. The first kappa shape index (κ1) is 23.3. The molecule has 0 radical (unpaired) electrons. The molecule has 1 N–H and O–H groups in total. The standard InChI is InChI=1S/C18H30N2O2.2ClH/c1-4-5-6-7-16(20-12-10-19-11-13-20)15-8-9-17(21-2)18(14-15)22-3;;/h8-9,14,16,19H,4-7,10-13H2,1-3H3;2*1H/t16-;;/m0../s1. The second-order valence-electron chi connectivity index (χ2n) is 5.91. The van der Waals surface area contributed by atoms with E-state index in [1.807, 2.05) is 6.07 Å². The molecule has 24 heavy (non-hydrogen) atoms. The Morgan fingerprint density at radius 1 is 1.04 bits per heavy atom. The Labute approximate surface area is 159 Å². The van der Waals surface area contributed by atoms with Crippen LogP contribution in [0.5, 0.6) is 11.5 Å². The topological polar surface area (TPSA) is 33.7 Å². The summed E-state index contributed by atoms with van der Waals surface area (Å²) < 4.78 is 10.9. The van der Waals surface area contributed by atoms with Crippen LogP contribution in [-0.4, -0.2) is 45.3 Å². The van der Waals surface area contributed by atoms with E-state index in [1.54, 1.807) is 14.2 Å². The minimum atomic E-state index is 0. The minimum Gasteiger partial charge on any atom is -0.493 e. The molecule has 0 aliphatic carbocycles. The lowest BCUT2D eigenvalue weighted by atomic mass is 9.97. The summed E-state index contributed by atoms with van der Waals surface area (Å²) in [5, 5.41) is 3.44. The SMILES string of the molecule is CCCCC[C@@H](c1ccc(OC)c(OC)c1)N1CCNCC1.Cl.Cl. The predicted octanol–water partition coefficient (Wildman–Crippen LogP) is 4.07. The molecular weight excluding hydrogens is 347 g/mol. The second kappa shape index (κ2) is 12.6. The molecule has 1 aliphatic rings. The van der Waals surface area contributed by atoms with Gasteiger partial charge in [0.2, 0.25) is 0 Å². The number of halogens is 2. The number of ether oxygens (including phenoxy) is 2. The molecule has 1 heterocycles. The Balaban J connectivity index is 0.00000264. The Kier molecular flexibility index (Phi) is 12.3. The van der Waals surface area contributed by atoms with Crippen molar-refractivity contribution >= 4 is 24.8 Å². The maximum atomic E-state index is 5.48. The molecule has 1 aromatic carbocycles. The van der Waals surface area contributed by atoms with Gasteiger partial charge in [-0.25, -0.2) is 0 Å². The summed E-state index contributed by atoms with van der Waals surface area (Å²) in [6, 6.07) is 6.86. The highest BCUT2D eigenvalue weighted by atomic mass is 35.5. The maximum absolute atomic E-state index is 5.48. The van der Waals surface area contributed by atoms with Gasteiger partial charge in [-0.2, -0.15) is 0 Å². The molecule has 4 nitrogen and oxygen atoms in total. The lowest BCUT2D eigenvalue weighted by molar-refractivity contribution is 0.162. The van der Waals surface area contributed by atoms with Crippen LogP contribution in [0.1, 0.15) is 44.2 Å². The highest BCUT2D eigenvalue weighted by molar-refractivity contribution is 5.85. The van der Waals surface area contributed by atoms with Gasteiger partial charge in [0, 0.05) is 32.2 Å². The Morgan fingerprint density at radius 2 is 1.71 bits per heavy atom. The van der Waals surface area contributed by atoms with Crippen LogP contribution in [0.25, 0.3) is 0 Å². The molecule has 0 amide bonds. The molecule has 1 fully saturated rings. The number of unbranched alkanes of at least 4 members (excludes halogenated alkanes) is 2. The van der Waals surface area contributed by atoms with Crippen molar-refractivity contribution in [3.05, 3.63) is 23.8 Å². The quantitative estimate of drug-likeness (QED) is 0.691. The van der Waals surface area contributed by atoms with E-state index in [2.05, 4.69) is 29.3 Å². The normalized spacial score (nSPS) is 15.8. The van der Waals surface area contributed by atoms with Crippen molar-refractivity contribution in [2.24, 2.45) is 0 Å². The fraction of sp³-hybridized carbons (Fsp3) is 0.667. The number of piperazine rings is 1. The van der Waals surface area contributed by atoms with Gasteiger partial charge in [-0.15, -0.1) is 24.8 Å². The van der Waals surface area contributed by atoms with Crippen molar-refractivity contribution in [3.63, 3.8) is 0 Å². The van der Waals surface area contributed by atoms with Crippen LogP contribution in [0, 0.1) is 0 Å². The number of nitrogens with zero attached hydrogens (tertiary/aromatic N) is 1. The van der Waals surface area contributed by atoms with Crippen LogP contribution in [0.15, 0.2) is 18.2 Å². The van der Waals surface area contributed by atoms with Gasteiger partial charge >= 0.3 is 0 Å². The highest BCUT2D eigenvalue weighted by Crippen LogP contribution is 2.34. The lowest BCUT2D eigenvalue weighted by Gasteiger charge is -2.35. The van der Waals surface area contributed by atoms with Crippen LogP contribution in [-0.2, 0) is 0 Å². The van der Waals surface area contributed by atoms with Gasteiger partial charge in [0.1, 0.15) is 0 Å². The molecule has 1 aliphatic heterocycles. The van der Waals surface area contributed by atoms with Crippen LogP contribution < -0.4 is 14.8 Å². The maximum Gasteiger partial charge on any atom is 0.161 e. The van der Waals surface area contributed by atoms with E-state index in [0.717, 1.165) is 37.7 Å². The van der Waals surface area contributed by atoms with Crippen LogP contribution in [0.4, 0.5) is 0 Å². The molecule has 0 unspecified atom stereocenters. The van der Waals surface area contributed by atoms with Crippen LogP contribution in [0.2, 0.25) is 0 Å². The first-order valence-corrected chi connectivity index (χ1v) is 8.46. The molecule has 0 aromatic heterocycles. The molecule has 6 heteroatoms. The van der Waals surface area contributed by atoms with E-state index in [-0.39, 0.29) is 24.8 Å². The molecule has 0 saturated carbocycles. The Morgan fingerprint density at radius 3 is 2.29 bits per heavy atom. The average molecular weight is 379 g/mol. The molecule has 1 atom stereocenters. The highest BCUT2D eigenvalue weighted by Gasteiger charge is 2.22. The van der Waals surface area contributed by atoms with Gasteiger partial charge in [0.05, 0.1) is 14.2 Å². The molecule has 2 rings (SSSR count). The van der Waals surface area contributed by atoms with Gasteiger partial charge in [-0.3, -0.25) is 4.90 Å². The summed E-state index contributed by atoms with van der Waals surface area (Å²) in [4.78, 5) is 2.60. The van der Waals surface area contributed by atoms with E-state index in [9.17, 15) is 0 Å². The fourth-order valence-electron chi connectivity index (χ4n) is 3.20. The van der Waals surface area contributed by atoms with E-state index in [1.165, 1.54) is 31.2 Å². The Hall–Kier alpha value is -0.680. The van der Waals surface area contributed by atoms with Crippen molar-refractivity contribution in [1.82, 2.24) is 10.2 Å². The van der Waals surface area contributed by atoms with E-state index >= 15 is 0 Å². The molecule has 1 saturated heterocycles. The van der Waals surface area contributed by atoms with Gasteiger partial charge in [0.15, 0.2) is 11.5 Å². The smallest absolute Gasteiger partial charge is 0.161 e. The van der Waals surface area contributed by atoms with Gasteiger partial charge in [0.25, 0.3) is 0 Å². The number of nitrogens with one attached hydrogen (secondary N) is 1. The van der Waals surface area contributed by atoms with Crippen LogP contribution >= 0.6 is 24.8 Å². The van der Waals surface area contributed by atoms with Gasteiger partial charge in [-0.05, 0) is 24.1 Å². The third-order valence-corrected chi connectivity index (χ3v) is 4.47. The zero-order chi connectivity index (χ0) is 15.8. The monoisotopic (exact) mass is 378 g/mol. The first-order valence-electron chi connectivity index (χ1n) is 8.46. The zero-order valence-corrected chi connectivity index (χ0v) is 16.7. The summed E-state index contributed by atoms with van der Waals surface area (Å²) in [6.07, 6.45) is 5.05. The number of hydrogen-bond donors (Lipinski definition) is 1. The summed E-state index contributed by atoms with van der Waals surface area (Å²) in [6.45, 7) is 6.65. The summed E-state index contributed by atoms with van der Waals surface area (Å²) in [7, 11) is 3.39. The van der Waals surface area contributed by atoms with Gasteiger partial charge in [-0.1, -0.05) is 32.3 Å². The summed E-state index contributed by atoms with van der Waals surface area (Å²) in [5.74, 6) is 1.63. The molecular formula is C18H32Cl2N2O2. The molecule has 140 valence electrons.